The van der Waals surface area contributed by atoms with Gasteiger partial charge in [0.05, 0.1) is 6.10 Å². The number of aromatic hydroxyl groups is 1. The lowest BCUT2D eigenvalue weighted by atomic mass is 9.48. The van der Waals surface area contributed by atoms with E-state index in [2.05, 4.69) is 59.8 Å². The lowest BCUT2D eigenvalue weighted by molar-refractivity contribution is -0.0543. The second-order valence-electron chi connectivity index (χ2n) is 12.8. The fourth-order valence-corrected chi connectivity index (χ4v) is 7.48. The van der Waals surface area contributed by atoms with E-state index in [4.69, 9.17) is 4.74 Å². The van der Waals surface area contributed by atoms with E-state index in [9.17, 15) is 10.2 Å². The molecule has 1 aromatic rings. The molecule has 1 saturated carbocycles. The molecule has 1 aromatic carbocycles. The van der Waals surface area contributed by atoms with Crippen molar-refractivity contribution in [1.29, 1.82) is 0 Å². The maximum atomic E-state index is 11.3. The van der Waals surface area contributed by atoms with Gasteiger partial charge in [-0.15, -0.1) is 0 Å². The third kappa shape index (κ3) is 4.96. The van der Waals surface area contributed by atoms with E-state index in [1.807, 2.05) is 6.07 Å². The normalized spacial score (nSPS) is 33.8. The van der Waals surface area contributed by atoms with Crippen LogP contribution in [0, 0.1) is 28.6 Å². The maximum absolute atomic E-state index is 11.3. The number of aliphatic hydroxyl groups is 1. The van der Waals surface area contributed by atoms with E-state index in [0.717, 1.165) is 37.0 Å². The lowest BCUT2D eigenvalue weighted by Crippen LogP contribution is -2.49. The van der Waals surface area contributed by atoms with Gasteiger partial charge in [0, 0.05) is 5.56 Å². The van der Waals surface area contributed by atoms with Crippen LogP contribution in [0.3, 0.4) is 0 Å². The van der Waals surface area contributed by atoms with Gasteiger partial charge in [-0.05, 0) is 112 Å². The molecule has 0 spiro atoms. The Morgan fingerprint density at radius 2 is 1.91 bits per heavy atom. The van der Waals surface area contributed by atoms with Gasteiger partial charge in [-0.3, -0.25) is 0 Å². The van der Waals surface area contributed by atoms with E-state index in [0.29, 0.717) is 22.7 Å². The van der Waals surface area contributed by atoms with Crippen LogP contribution >= 0.6 is 0 Å². The molecule has 2 aliphatic carbocycles. The van der Waals surface area contributed by atoms with Crippen molar-refractivity contribution in [3.05, 3.63) is 41.5 Å². The predicted molar refractivity (Wildman–Crippen MR) is 141 cm³/mol. The van der Waals surface area contributed by atoms with Crippen molar-refractivity contribution in [3.8, 4) is 11.5 Å². The summed E-state index contributed by atoms with van der Waals surface area (Å²) < 4.78 is 6.28. The number of hydrogen-bond donors (Lipinski definition) is 2. The molecule has 0 bridgehead atoms. The van der Waals surface area contributed by atoms with Crippen LogP contribution in [0.5, 0.6) is 11.5 Å². The Balaban J connectivity index is 1.33. The first kappa shape index (κ1) is 25.4. The summed E-state index contributed by atoms with van der Waals surface area (Å²) >= 11 is 0. The van der Waals surface area contributed by atoms with Crippen molar-refractivity contribution >= 4 is 6.08 Å². The molecule has 3 heteroatoms. The van der Waals surface area contributed by atoms with Gasteiger partial charge in [-0.25, -0.2) is 0 Å². The van der Waals surface area contributed by atoms with Crippen molar-refractivity contribution in [3.63, 3.8) is 0 Å². The average molecular weight is 467 g/mol. The van der Waals surface area contributed by atoms with E-state index in [-0.39, 0.29) is 23.4 Å². The van der Waals surface area contributed by atoms with Gasteiger partial charge < -0.3 is 14.9 Å². The van der Waals surface area contributed by atoms with Gasteiger partial charge in [0.1, 0.15) is 17.1 Å². The van der Waals surface area contributed by atoms with Crippen LogP contribution in [0.15, 0.2) is 35.9 Å². The van der Waals surface area contributed by atoms with Crippen LogP contribution in [0.2, 0.25) is 0 Å². The summed E-state index contributed by atoms with van der Waals surface area (Å²) in [7, 11) is 0. The minimum absolute atomic E-state index is 0.262. The first-order valence-electron chi connectivity index (χ1n) is 13.5. The molecule has 2 N–H and O–H groups in total. The maximum Gasteiger partial charge on any atom is 0.128 e. The minimum atomic E-state index is -0.342. The Kier molecular flexibility index (Phi) is 6.99. The minimum Gasteiger partial charge on any atom is -0.508 e. The molecule has 0 radical (unpaired) electrons. The third-order valence-electron chi connectivity index (χ3n) is 9.72. The standard InChI is InChI=1S/C31H46O3/c1-21-10-13-28-29(3,4)15-8-17-31(28,6)25(21)20-26(33)22(2)9-7-16-30(5)18-14-23-19-24(32)11-12-27(23)34-30/h10-12,14,18-19,22,25-26,28,32-33H,7-9,13,15-17,20H2,1-6H3. The van der Waals surface area contributed by atoms with E-state index < -0.39 is 0 Å². The first-order chi connectivity index (χ1) is 15.9. The fraction of sp³-hybridized carbons (Fsp3) is 0.677. The highest BCUT2D eigenvalue weighted by molar-refractivity contribution is 5.62. The summed E-state index contributed by atoms with van der Waals surface area (Å²) in [5.74, 6) is 2.56. The molecule has 1 aliphatic heterocycles. The highest BCUT2D eigenvalue weighted by Gasteiger charge is 2.52. The van der Waals surface area contributed by atoms with Gasteiger partial charge in [0.2, 0.25) is 0 Å². The van der Waals surface area contributed by atoms with Crippen molar-refractivity contribution in [2.24, 2.45) is 28.6 Å². The number of benzene rings is 1. The molecule has 6 unspecified atom stereocenters. The van der Waals surface area contributed by atoms with Crippen LogP contribution in [-0.4, -0.2) is 21.9 Å². The summed E-state index contributed by atoms with van der Waals surface area (Å²) in [6.45, 7) is 14.1. The Morgan fingerprint density at radius 3 is 2.68 bits per heavy atom. The number of ether oxygens (including phenoxy) is 1. The zero-order valence-corrected chi connectivity index (χ0v) is 22.2. The number of phenols is 1. The molecular formula is C31H46O3. The molecule has 1 fully saturated rings. The molecular weight excluding hydrogens is 420 g/mol. The highest BCUT2D eigenvalue weighted by Crippen LogP contribution is 2.60. The number of fused-ring (bicyclic) bond motifs is 2. The molecule has 1 heterocycles. The monoisotopic (exact) mass is 466 g/mol. The lowest BCUT2D eigenvalue weighted by Gasteiger charge is -2.57. The zero-order valence-electron chi connectivity index (χ0n) is 22.2. The molecule has 0 amide bonds. The summed E-state index contributed by atoms with van der Waals surface area (Å²) in [5, 5.41) is 21.0. The first-order valence-corrected chi connectivity index (χ1v) is 13.5. The molecule has 3 aliphatic rings. The van der Waals surface area contributed by atoms with E-state index in [1.165, 1.54) is 31.3 Å². The van der Waals surface area contributed by atoms with E-state index in [1.54, 1.807) is 12.1 Å². The third-order valence-corrected chi connectivity index (χ3v) is 9.72. The van der Waals surface area contributed by atoms with Crippen LogP contribution in [0.25, 0.3) is 6.08 Å². The predicted octanol–water partition coefficient (Wildman–Crippen LogP) is 7.91. The van der Waals surface area contributed by atoms with Crippen molar-refractivity contribution in [2.45, 2.75) is 105 Å². The number of aliphatic hydroxyl groups excluding tert-OH is 1. The van der Waals surface area contributed by atoms with Crippen LogP contribution in [0.1, 0.15) is 98.5 Å². The Hall–Kier alpha value is -1.74. The quantitative estimate of drug-likeness (QED) is 0.401. The number of phenolic OH excluding ortho intramolecular Hbond substituents is 1. The van der Waals surface area contributed by atoms with Gasteiger partial charge in [-0.1, -0.05) is 51.8 Å². The van der Waals surface area contributed by atoms with Gasteiger partial charge in [0.15, 0.2) is 0 Å². The Morgan fingerprint density at radius 1 is 1.15 bits per heavy atom. The van der Waals surface area contributed by atoms with Crippen LogP contribution in [-0.2, 0) is 0 Å². The number of hydrogen-bond acceptors (Lipinski definition) is 3. The summed E-state index contributed by atoms with van der Waals surface area (Å²) in [6.07, 6.45) is 15.3. The van der Waals surface area contributed by atoms with Crippen molar-refractivity contribution < 1.29 is 14.9 Å². The Labute approximate surface area is 207 Å². The molecule has 0 aromatic heterocycles. The van der Waals surface area contributed by atoms with Crippen molar-refractivity contribution in [1.82, 2.24) is 0 Å². The second kappa shape index (κ2) is 9.37. The molecule has 0 saturated heterocycles. The summed E-state index contributed by atoms with van der Waals surface area (Å²) in [5.41, 5.74) is 2.78. The summed E-state index contributed by atoms with van der Waals surface area (Å²) in [6, 6.07) is 5.26. The topological polar surface area (TPSA) is 49.7 Å². The van der Waals surface area contributed by atoms with Crippen LogP contribution in [0.4, 0.5) is 0 Å². The molecule has 188 valence electrons. The van der Waals surface area contributed by atoms with Gasteiger partial charge >= 0.3 is 0 Å². The largest absolute Gasteiger partial charge is 0.508 e. The highest BCUT2D eigenvalue weighted by atomic mass is 16.5. The molecule has 3 nitrogen and oxygen atoms in total. The molecule has 34 heavy (non-hydrogen) atoms. The molecule has 4 rings (SSSR count). The fourth-order valence-electron chi connectivity index (χ4n) is 7.48. The van der Waals surface area contributed by atoms with Gasteiger partial charge in [0.25, 0.3) is 0 Å². The number of rotatable bonds is 7. The zero-order chi connectivity index (χ0) is 24.7. The van der Waals surface area contributed by atoms with Crippen LogP contribution < -0.4 is 4.74 Å². The van der Waals surface area contributed by atoms with E-state index >= 15 is 0 Å². The summed E-state index contributed by atoms with van der Waals surface area (Å²) in [4.78, 5) is 0. The van der Waals surface area contributed by atoms with Gasteiger partial charge in [-0.2, -0.15) is 0 Å². The SMILES string of the molecule is CC1=CCC2C(C)(C)CCCC2(C)C1CC(O)C(C)CCCC1(C)C=Cc2cc(O)ccc2O1. The Bertz CT molecular complexity index is 944. The van der Waals surface area contributed by atoms with Crippen molar-refractivity contribution in [2.75, 3.05) is 0 Å². The molecule has 6 atom stereocenters. The smallest absolute Gasteiger partial charge is 0.128 e. The second-order valence-corrected chi connectivity index (χ2v) is 12.8. The number of allylic oxidation sites excluding steroid dienone is 2. The average Bonchev–Trinajstić information content (AvgIpc) is 2.75.